The summed E-state index contributed by atoms with van der Waals surface area (Å²) in [6, 6.07) is 3.17. The zero-order valence-electron chi connectivity index (χ0n) is 8.60. The topological polar surface area (TPSA) is 75.6 Å². The highest BCUT2D eigenvalue weighted by Gasteiger charge is 2.13. The Hall–Kier alpha value is -1.34. The molecule has 0 aliphatic heterocycles. The van der Waals surface area contributed by atoms with Crippen LogP contribution in [0, 0.1) is 5.82 Å². The van der Waals surface area contributed by atoms with Gasteiger partial charge in [0.2, 0.25) is 10.0 Å². The van der Waals surface area contributed by atoms with Crippen molar-refractivity contribution in [1.29, 1.82) is 0 Å². The number of anilines is 1. The third kappa shape index (κ3) is 3.67. The van der Waals surface area contributed by atoms with E-state index in [1.165, 1.54) is 13.2 Å². The second-order valence-corrected chi connectivity index (χ2v) is 4.92. The molecule has 5 nitrogen and oxygen atoms in total. The largest absolute Gasteiger partial charge is 0.508 e. The summed E-state index contributed by atoms with van der Waals surface area (Å²) in [5.74, 6) is -1.36. The summed E-state index contributed by atoms with van der Waals surface area (Å²) in [4.78, 5) is 0. The average Bonchev–Trinajstić information content (AvgIpc) is 2.19. The molecule has 1 aromatic carbocycles. The molecule has 1 rings (SSSR count). The smallest absolute Gasteiger partial charge is 0.235 e. The molecular weight excluding hydrogens is 237 g/mol. The molecule has 0 aliphatic carbocycles. The van der Waals surface area contributed by atoms with Crippen LogP contribution in [0.25, 0.3) is 0 Å². The number of halogens is 1. The first-order chi connectivity index (χ1) is 7.44. The molecule has 0 aliphatic rings. The molecular formula is C9H12FNO4S. The van der Waals surface area contributed by atoms with Crippen molar-refractivity contribution in [2.75, 3.05) is 24.2 Å². The maximum atomic E-state index is 13.2. The lowest BCUT2D eigenvalue weighted by Crippen LogP contribution is -2.20. The number of hydrogen-bond acceptors (Lipinski definition) is 4. The van der Waals surface area contributed by atoms with Gasteiger partial charge < -0.3 is 9.84 Å². The fourth-order valence-electron chi connectivity index (χ4n) is 0.998. The molecule has 2 N–H and O–H groups in total. The number of aromatic hydroxyl groups is 1. The monoisotopic (exact) mass is 249 g/mol. The Labute approximate surface area is 92.9 Å². The lowest BCUT2D eigenvalue weighted by Gasteiger charge is -2.08. The van der Waals surface area contributed by atoms with Gasteiger partial charge in [-0.25, -0.2) is 12.8 Å². The molecule has 90 valence electrons. The predicted octanol–water partition coefficient (Wildman–Crippen LogP) is 0.919. The van der Waals surface area contributed by atoms with E-state index >= 15 is 0 Å². The van der Waals surface area contributed by atoms with Gasteiger partial charge in [-0.2, -0.15) is 0 Å². The molecule has 16 heavy (non-hydrogen) atoms. The Morgan fingerprint density at radius 1 is 1.50 bits per heavy atom. The second kappa shape index (κ2) is 5.13. The van der Waals surface area contributed by atoms with Crippen LogP contribution in [0.1, 0.15) is 0 Å². The van der Waals surface area contributed by atoms with Gasteiger partial charge in [-0.05, 0) is 12.1 Å². The Morgan fingerprint density at radius 3 is 2.75 bits per heavy atom. The molecule has 0 atom stereocenters. The zero-order chi connectivity index (χ0) is 12.2. The summed E-state index contributed by atoms with van der Waals surface area (Å²) in [5, 5.41) is 8.94. The minimum atomic E-state index is -3.63. The first-order valence-corrected chi connectivity index (χ1v) is 6.08. The van der Waals surface area contributed by atoms with Crippen LogP contribution in [0.15, 0.2) is 18.2 Å². The fourth-order valence-corrected chi connectivity index (χ4v) is 1.99. The molecule has 7 heteroatoms. The van der Waals surface area contributed by atoms with Crippen molar-refractivity contribution < 1.29 is 22.7 Å². The van der Waals surface area contributed by atoms with Gasteiger partial charge in [-0.3, -0.25) is 4.72 Å². The normalized spacial score (nSPS) is 11.4. The minimum Gasteiger partial charge on any atom is -0.508 e. The number of phenols is 1. The highest BCUT2D eigenvalue weighted by atomic mass is 32.2. The molecule has 0 unspecified atom stereocenters. The summed E-state index contributed by atoms with van der Waals surface area (Å²) in [7, 11) is -2.26. The van der Waals surface area contributed by atoms with Gasteiger partial charge in [-0.15, -0.1) is 0 Å². The first-order valence-electron chi connectivity index (χ1n) is 4.42. The quantitative estimate of drug-likeness (QED) is 0.761. The standard InChI is InChI=1S/C9H12FNO4S/c1-15-4-5-16(13,14)11-9-3-2-7(12)6-8(9)10/h2-3,6,11-12H,4-5H2,1H3. The number of hydrogen-bond donors (Lipinski definition) is 2. The van der Waals surface area contributed by atoms with E-state index in [-0.39, 0.29) is 23.8 Å². The van der Waals surface area contributed by atoms with Crippen molar-refractivity contribution in [3.8, 4) is 5.75 Å². The molecule has 0 saturated carbocycles. The van der Waals surface area contributed by atoms with Crippen LogP contribution < -0.4 is 4.72 Å². The molecule has 0 aromatic heterocycles. The number of phenolic OH excluding ortho intramolecular Hbond substituents is 1. The van der Waals surface area contributed by atoms with Crippen LogP contribution in [0.5, 0.6) is 5.75 Å². The summed E-state index contributed by atoms with van der Waals surface area (Å²) in [5.41, 5.74) is -0.200. The Morgan fingerprint density at radius 2 is 2.19 bits per heavy atom. The Balaban J connectivity index is 2.80. The van der Waals surface area contributed by atoms with Gasteiger partial charge in [0.15, 0.2) is 5.82 Å². The molecule has 0 saturated heterocycles. The first kappa shape index (κ1) is 12.7. The molecule has 0 heterocycles. The lowest BCUT2D eigenvalue weighted by atomic mass is 10.3. The summed E-state index contributed by atoms with van der Waals surface area (Å²) in [6.07, 6.45) is 0. The van der Waals surface area contributed by atoms with E-state index in [1.54, 1.807) is 0 Å². The van der Waals surface area contributed by atoms with Crippen LogP contribution in [0.2, 0.25) is 0 Å². The van der Waals surface area contributed by atoms with Crippen molar-refractivity contribution in [2.45, 2.75) is 0 Å². The lowest BCUT2D eigenvalue weighted by molar-refractivity contribution is 0.217. The average molecular weight is 249 g/mol. The van der Waals surface area contributed by atoms with E-state index in [0.717, 1.165) is 12.1 Å². The third-order valence-electron chi connectivity index (χ3n) is 1.77. The van der Waals surface area contributed by atoms with Gasteiger partial charge in [-0.1, -0.05) is 0 Å². The summed E-state index contributed by atoms with van der Waals surface area (Å²) in [6.45, 7) is 0.0229. The van der Waals surface area contributed by atoms with Crippen LogP contribution in [0.3, 0.4) is 0 Å². The van der Waals surface area contributed by atoms with Gasteiger partial charge in [0.05, 0.1) is 18.0 Å². The van der Waals surface area contributed by atoms with Crippen LogP contribution in [-0.2, 0) is 14.8 Å². The maximum absolute atomic E-state index is 13.2. The van der Waals surface area contributed by atoms with Crippen molar-refractivity contribution >= 4 is 15.7 Å². The number of ether oxygens (including phenoxy) is 1. The summed E-state index contributed by atoms with van der Waals surface area (Å²) < 4.78 is 42.6. The molecule has 0 amide bonds. The van der Waals surface area contributed by atoms with E-state index in [0.29, 0.717) is 0 Å². The van der Waals surface area contributed by atoms with E-state index < -0.39 is 15.8 Å². The minimum absolute atomic E-state index is 0.0229. The van der Waals surface area contributed by atoms with Gasteiger partial charge in [0, 0.05) is 13.2 Å². The number of rotatable bonds is 5. The third-order valence-corrected chi connectivity index (χ3v) is 3.01. The molecule has 0 fully saturated rings. The highest BCUT2D eigenvalue weighted by Crippen LogP contribution is 2.20. The number of methoxy groups -OCH3 is 1. The fraction of sp³-hybridized carbons (Fsp3) is 0.333. The van der Waals surface area contributed by atoms with Crippen LogP contribution in [0.4, 0.5) is 10.1 Å². The molecule has 0 radical (unpaired) electrons. The predicted molar refractivity (Wildman–Crippen MR) is 57.4 cm³/mol. The number of nitrogens with one attached hydrogen (secondary N) is 1. The van der Waals surface area contributed by atoms with Crippen molar-refractivity contribution in [3.05, 3.63) is 24.0 Å². The molecule has 1 aromatic rings. The van der Waals surface area contributed by atoms with Gasteiger partial charge in [0.1, 0.15) is 5.75 Å². The molecule has 0 bridgehead atoms. The Bertz CT molecular complexity index is 461. The van der Waals surface area contributed by atoms with E-state index in [4.69, 9.17) is 5.11 Å². The van der Waals surface area contributed by atoms with Crippen molar-refractivity contribution in [2.24, 2.45) is 0 Å². The van der Waals surface area contributed by atoms with Crippen LogP contribution in [-0.4, -0.2) is 33.0 Å². The van der Waals surface area contributed by atoms with E-state index in [9.17, 15) is 12.8 Å². The highest BCUT2D eigenvalue weighted by molar-refractivity contribution is 7.92. The summed E-state index contributed by atoms with van der Waals surface area (Å²) >= 11 is 0. The van der Waals surface area contributed by atoms with Gasteiger partial charge >= 0.3 is 0 Å². The Kier molecular flexibility index (Phi) is 4.08. The zero-order valence-corrected chi connectivity index (χ0v) is 9.42. The number of sulfonamides is 1. The molecule has 0 spiro atoms. The van der Waals surface area contributed by atoms with Crippen molar-refractivity contribution in [3.63, 3.8) is 0 Å². The van der Waals surface area contributed by atoms with Gasteiger partial charge in [0.25, 0.3) is 0 Å². The van der Waals surface area contributed by atoms with E-state index in [2.05, 4.69) is 9.46 Å². The SMILES string of the molecule is COCCS(=O)(=O)Nc1ccc(O)cc1F. The van der Waals surface area contributed by atoms with E-state index in [1.807, 2.05) is 0 Å². The maximum Gasteiger partial charge on any atom is 0.235 e. The second-order valence-electron chi connectivity index (χ2n) is 3.08. The number of benzene rings is 1. The van der Waals surface area contributed by atoms with Crippen LogP contribution >= 0.6 is 0 Å². The van der Waals surface area contributed by atoms with Crippen molar-refractivity contribution in [1.82, 2.24) is 0 Å².